The molecule has 0 amide bonds. The fourth-order valence-electron chi connectivity index (χ4n) is 1.99. The van der Waals surface area contributed by atoms with E-state index >= 15 is 0 Å². The highest BCUT2D eigenvalue weighted by Gasteiger charge is 2.51. The molecule has 0 atom stereocenters. The fraction of sp³-hybridized carbons (Fsp3) is 0.400. The minimum atomic E-state index is -5.35. The largest absolute Gasteiger partial charge is 0.516 e. The normalized spacial score (nSPS) is 16.5. The van der Waals surface area contributed by atoms with Gasteiger partial charge in [0.15, 0.2) is 0 Å². The number of nitrogen functional groups attached to an aromatic ring is 1. The lowest BCUT2D eigenvalue weighted by Crippen LogP contribution is -2.43. The van der Waals surface area contributed by atoms with Gasteiger partial charge in [-0.3, -0.25) is 4.31 Å². The Balaban J connectivity index is 2.56. The van der Waals surface area contributed by atoms with Gasteiger partial charge in [-0.2, -0.15) is 21.6 Å². The van der Waals surface area contributed by atoms with E-state index in [2.05, 4.69) is 0 Å². The summed E-state index contributed by atoms with van der Waals surface area (Å²) in [5, 5.41) is 0. The number of benzene rings is 1. The molecule has 2 rings (SSSR count). The summed E-state index contributed by atoms with van der Waals surface area (Å²) in [7, 11) is -5.35. The van der Waals surface area contributed by atoms with E-state index in [-0.39, 0.29) is 12.2 Å². The summed E-state index contributed by atoms with van der Waals surface area (Å²) < 4.78 is 60.9. The summed E-state index contributed by atoms with van der Waals surface area (Å²) in [6.07, 6.45) is 0.794. The Hall–Kier alpha value is -1.44. The number of nitrogens with two attached hydrogens (primary N) is 1. The zero-order valence-corrected chi connectivity index (χ0v) is 10.1. The van der Waals surface area contributed by atoms with Crippen molar-refractivity contribution in [1.29, 1.82) is 0 Å². The molecule has 1 aromatic rings. The molecule has 0 saturated carbocycles. The van der Waals surface area contributed by atoms with Crippen LogP contribution in [-0.4, -0.2) is 20.5 Å². The summed E-state index contributed by atoms with van der Waals surface area (Å²) in [6.45, 7) is -0.182. The molecule has 0 fully saturated rings. The number of hydrogen-bond acceptors (Lipinski definition) is 3. The average molecular weight is 280 g/mol. The average Bonchev–Trinajstić information content (AvgIpc) is 2.27. The predicted octanol–water partition coefficient (Wildman–Crippen LogP) is 1.87. The zero-order chi connectivity index (χ0) is 13.6. The molecule has 8 heteroatoms. The van der Waals surface area contributed by atoms with E-state index in [0.29, 0.717) is 28.4 Å². The van der Waals surface area contributed by atoms with Gasteiger partial charge in [-0.15, -0.1) is 0 Å². The van der Waals surface area contributed by atoms with E-state index in [0.717, 1.165) is 0 Å². The van der Waals surface area contributed by atoms with Crippen LogP contribution in [0.25, 0.3) is 0 Å². The molecule has 18 heavy (non-hydrogen) atoms. The van der Waals surface area contributed by atoms with Gasteiger partial charge in [0.25, 0.3) is 0 Å². The Morgan fingerprint density at radius 2 is 1.94 bits per heavy atom. The summed E-state index contributed by atoms with van der Waals surface area (Å²) in [4.78, 5) is 0. The van der Waals surface area contributed by atoms with Crippen LogP contribution in [0.2, 0.25) is 0 Å². The Bertz CT molecular complexity index is 569. The van der Waals surface area contributed by atoms with Crippen molar-refractivity contribution in [3.8, 4) is 0 Å². The molecule has 1 aliphatic rings. The number of sulfonamides is 1. The minimum absolute atomic E-state index is 0.0265. The molecule has 1 aromatic carbocycles. The van der Waals surface area contributed by atoms with E-state index in [1.54, 1.807) is 6.07 Å². The molecular weight excluding hydrogens is 269 g/mol. The third-order valence-corrected chi connectivity index (χ3v) is 4.37. The second-order valence-electron chi connectivity index (χ2n) is 3.97. The van der Waals surface area contributed by atoms with Gasteiger partial charge in [0.05, 0.1) is 5.69 Å². The first-order valence-corrected chi connectivity index (χ1v) is 6.65. The van der Waals surface area contributed by atoms with E-state index < -0.39 is 15.5 Å². The first kappa shape index (κ1) is 13.0. The predicted molar refractivity (Wildman–Crippen MR) is 61.5 cm³/mol. The Labute approximate surface area is 102 Å². The molecule has 0 spiro atoms. The maximum absolute atomic E-state index is 12.6. The van der Waals surface area contributed by atoms with Gasteiger partial charge >= 0.3 is 15.5 Å². The topological polar surface area (TPSA) is 63.4 Å². The number of nitrogens with zero attached hydrogens (tertiary/aromatic N) is 1. The third kappa shape index (κ3) is 1.90. The van der Waals surface area contributed by atoms with E-state index in [9.17, 15) is 21.6 Å². The van der Waals surface area contributed by atoms with Crippen LogP contribution in [0.4, 0.5) is 24.5 Å². The molecule has 2 N–H and O–H groups in total. The summed E-state index contributed by atoms with van der Waals surface area (Å²) in [5.74, 6) is 0. The number of hydrogen-bond donors (Lipinski definition) is 1. The van der Waals surface area contributed by atoms with Crippen LogP contribution >= 0.6 is 0 Å². The number of halogens is 3. The van der Waals surface area contributed by atoms with Crippen LogP contribution in [0.5, 0.6) is 0 Å². The lowest BCUT2D eigenvalue weighted by Gasteiger charge is -2.31. The minimum Gasteiger partial charge on any atom is -0.398 e. The van der Waals surface area contributed by atoms with Crippen molar-refractivity contribution in [2.75, 3.05) is 16.6 Å². The fourth-order valence-corrected chi connectivity index (χ4v) is 3.04. The van der Waals surface area contributed by atoms with Crippen molar-refractivity contribution in [3.63, 3.8) is 0 Å². The van der Waals surface area contributed by atoms with Crippen LogP contribution in [0.1, 0.15) is 12.0 Å². The molecule has 0 bridgehead atoms. The monoisotopic (exact) mass is 280 g/mol. The lowest BCUT2D eigenvalue weighted by atomic mass is 10.0. The van der Waals surface area contributed by atoms with Gasteiger partial charge in [0, 0.05) is 12.2 Å². The zero-order valence-electron chi connectivity index (χ0n) is 9.24. The smallest absolute Gasteiger partial charge is 0.398 e. The molecule has 0 unspecified atom stereocenters. The number of alkyl halides is 3. The van der Waals surface area contributed by atoms with Crippen molar-refractivity contribution in [2.24, 2.45) is 0 Å². The molecular formula is C10H11F3N2O2S. The molecule has 1 heterocycles. The van der Waals surface area contributed by atoms with Gasteiger partial charge in [-0.25, -0.2) is 0 Å². The summed E-state index contributed by atoms with van der Waals surface area (Å²) in [6, 6.07) is 4.33. The Kier molecular flexibility index (Phi) is 2.92. The SMILES string of the molecule is Nc1cccc2c1CCCN2S(=O)(=O)C(F)(F)F. The van der Waals surface area contributed by atoms with Crippen molar-refractivity contribution in [1.82, 2.24) is 0 Å². The number of fused-ring (bicyclic) bond motifs is 1. The Morgan fingerprint density at radius 3 is 2.56 bits per heavy atom. The maximum atomic E-state index is 12.6. The number of rotatable bonds is 1. The van der Waals surface area contributed by atoms with Gasteiger partial charge < -0.3 is 5.73 Å². The van der Waals surface area contributed by atoms with E-state index in [1.807, 2.05) is 0 Å². The highest BCUT2D eigenvalue weighted by Crippen LogP contribution is 2.37. The van der Waals surface area contributed by atoms with Crippen LogP contribution in [0, 0.1) is 0 Å². The highest BCUT2D eigenvalue weighted by molar-refractivity contribution is 7.93. The van der Waals surface area contributed by atoms with E-state index in [1.165, 1.54) is 12.1 Å². The first-order chi connectivity index (χ1) is 8.25. The van der Waals surface area contributed by atoms with Crippen molar-refractivity contribution < 1.29 is 21.6 Å². The van der Waals surface area contributed by atoms with Crippen molar-refractivity contribution in [3.05, 3.63) is 23.8 Å². The van der Waals surface area contributed by atoms with Crippen LogP contribution in [-0.2, 0) is 16.4 Å². The standard InChI is InChI=1S/C10H11F3N2O2S/c11-10(12,13)18(16,17)15-6-2-3-7-8(14)4-1-5-9(7)15/h1,4-5H,2-3,6,14H2. The number of anilines is 2. The van der Waals surface area contributed by atoms with Gasteiger partial charge in [-0.05, 0) is 30.5 Å². The summed E-state index contributed by atoms with van der Waals surface area (Å²) in [5.41, 5.74) is 1.15. The van der Waals surface area contributed by atoms with Gasteiger partial charge in [-0.1, -0.05) is 6.07 Å². The molecule has 0 aliphatic carbocycles. The first-order valence-electron chi connectivity index (χ1n) is 5.21. The molecule has 100 valence electrons. The summed E-state index contributed by atoms with van der Waals surface area (Å²) >= 11 is 0. The quantitative estimate of drug-likeness (QED) is 0.799. The lowest BCUT2D eigenvalue weighted by molar-refractivity contribution is -0.0438. The molecule has 0 radical (unpaired) electrons. The molecule has 0 aromatic heterocycles. The Morgan fingerprint density at radius 1 is 1.28 bits per heavy atom. The van der Waals surface area contributed by atoms with Crippen LogP contribution < -0.4 is 10.0 Å². The molecule has 0 saturated heterocycles. The van der Waals surface area contributed by atoms with Crippen LogP contribution in [0.15, 0.2) is 18.2 Å². The van der Waals surface area contributed by atoms with Crippen molar-refractivity contribution in [2.45, 2.75) is 18.3 Å². The molecule has 4 nitrogen and oxygen atoms in total. The van der Waals surface area contributed by atoms with Gasteiger partial charge in [0.2, 0.25) is 0 Å². The van der Waals surface area contributed by atoms with E-state index in [4.69, 9.17) is 5.73 Å². The van der Waals surface area contributed by atoms with Crippen LogP contribution in [0.3, 0.4) is 0 Å². The molecule has 1 aliphatic heterocycles. The maximum Gasteiger partial charge on any atom is 0.516 e. The van der Waals surface area contributed by atoms with Crippen molar-refractivity contribution >= 4 is 21.4 Å². The highest BCUT2D eigenvalue weighted by atomic mass is 32.2. The second kappa shape index (κ2) is 4.04. The third-order valence-electron chi connectivity index (χ3n) is 2.83. The second-order valence-corrected chi connectivity index (χ2v) is 5.83. The van der Waals surface area contributed by atoms with Gasteiger partial charge in [0.1, 0.15) is 0 Å².